The Kier molecular flexibility index (Phi) is 4.85. The van der Waals surface area contributed by atoms with E-state index in [-0.39, 0.29) is 22.0 Å². The summed E-state index contributed by atoms with van der Waals surface area (Å²) in [5, 5.41) is 1.17. The minimum Gasteiger partial charge on any atom is -0.361 e. The van der Waals surface area contributed by atoms with Gasteiger partial charge in [0.1, 0.15) is 5.02 Å². The van der Waals surface area contributed by atoms with Crippen LogP contribution in [0.1, 0.15) is 11.3 Å². The van der Waals surface area contributed by atoms with E-state index < -0.39 is 10.0 Å². The quantitative estimate of drug-likeness (QED) is 0.510. The Bertz CT molecular complexity index is 1370. The van der Waals surface area contributed by atoms with Crippen LogP contribution in [0.4, 0.5) is 0 Å². The molecule has 0 unspecified atom stereocenters. The average Bonchev–Trinajstić information content (AvgIpc) is 3.26. The molecule has 2 heterocycles. The molecule has 9 heteroatoms. The van der Waals surface area contributed by atoms with E-state index in [9.17, 15) is 13.2 Å². The number of benzene rings is 2. The zero-order chi connectivity index (χ0) is 20.8. The number of nitrogens with zero attached hydrogens (tertiary/aromatic N) is 2. The van der Waals surface area contributed by atoms with E-state index in [1.807, 2.05) is 30.5 Å². The van der Waals surface area contributed by atoms with Crippen LogP contribution in [0.2, 0.25) is 5.02 Å². The lowest BCUT2D eigenvalue weighted by atomic mass is 10.1. The first-order valence-electron chi connectivity index (χ1n) is 8.88. The lowest BCUT2D eigenvalue weighted by molar-refractivity contribution is 0.581. The molecule has 0 aliphatic rings. The summed E-state index contributed by atoms with van der Waals surface area (Å²) in [5.41, 5.74) is 2.68. The summed E-state index contributed by atoms with van der Waals surface area (Å²) in [5.74, 6) is 0. The molecule has 0 saturated heterocycles. The molecule has 0 saturated carbocycles. The van der Waals surface area contributed by atoms with Crippen LogP contribution in [0.3, 0.4) is 0 Å². The van der Waals surface area contributed by atoms with Gasteiger partial charge in [-0.3, -0.25) is 9.48 Å². The maximum absolute atomic E-state index is 12.6. The summed E-state index contributed by atoms with van der Waals surface area (Å²) in [6, 6.07) is 13.8. The van der Waals surface area contributed by atoms with Gasteiger partial charge >= 0.3 is 0 Å². The number of H-pyrrole nitrogens is 1. The Morgan fingerprint density at radius 2 is 1.83 bits per heavy atom. The number of nitrogens with one attached hydrogen (secondary N) is 2. The molecule has 4 aromatic rings. The van der Waals surface area contributed by atoms with Crippen molar-refractivity contribution in [1.29, 1.82) is 0 Å². The third kappa shape index (κ3) is 3.50. The molecule has 29 heavy (non-hydrogen) atoms. The summed E-state index contributed by atoms with van der Waals surface area (Å²) in [6.45, 7) is 1.92. The fraction of sp³-hybridized carbons (Fsp3) is 0.150. The van der Waals surface area contributed by atoms with Gasteiger partial charge in [-0.15, -0.1) is 0 Å². The largest absolute Gasteiger partial charge is 0.361 e. The minimum absolute atomic E-state index is 0.119. The van der Waals surface area contributed by atoms with Crippen LogP contribution in [0.5, 0.6) is 0 Å². The topological polar surface area (TPSA) is 88.9 Å². The number of hydrogen-bond acceptors (Lipinski definition) is 3. The van der Waals surface area contributed by atoms with E-state index in [2.05, 4.69) is 9.71 Å². The van der Waals surface area contributed by atoms with Crippen molar-refractivity contribution in [3.8, 4) is 5.69 Å². The second-order valence-corrected chi connectivity index (χ2v) is 8.90. The molecule has 2 N–H and O–H groups in total. The van der Waals surface area contributed by atoms with Crippen molar-refractivity contribution < 1.29 is 8.42 Å². The molecule has 7 nitrogen and oxygen atoms in total. The fourth-order valence-electron chi connectivity index (χ4n) is 3.21. The van der Waals surface area contributed by atoms with Gasteiger partial charge in [-0.1, -0.05) is 17.7 Å². The Balaban J connectivity index is 1.56. The molecule has 0 bridgehead atoms. The maximum atomic E-state index is 12.6. The highest BCUT2D eigenvalue weighted by Gasteiger charge is 2.17. The molecule has 0 aliphatic carbocycles. The van der Waals surface area contributed by atoms with Crippen LogP contribution in [-0.4, -0.2) is 22.8 Å². The lowest BCUT2D eigenvalue weighted by Crippen LogP contribution is -2.23. The van der Waals surface area contributed by atoms with Crippen molar-refractivity contribution in [3.63, 3.8) is 0 Å². The van der Waals surface area contributed by atoms with Gasteiger partial charge in [0.2, 0.25) is 10.0 Å². The van der Waals surface area contributed by atoms with E-state index in [1.165, 1.54) is 16.8 Å². The molecule has 0 fully saturated rings. The second kappa shape index (κ2) is 7.22. The fourth-order valence-corrected chi connectivity index (χ4v) is 4.43. The molecule has 0 aliphatic heterocycles. The number of aromatic amines is 1. The predicted molar refractivity (Wildman–Crippen MR) is 113 cm³/mol. The molecule has 0 atom stereocenters. The van der Waals surface area contributed by atoms with Crippen molar-refractivity contribution in [2.75, 3.05) is 0 Å². The van der Waals surface area contributed by atoms with Crippen LogP contribution in [0, 0.1) is 6.92 Å². The first-order chi connectivity index (χ1) is 13.8. The Morgan fingerprint density at radius 1 is 1.10 bits per heavy atom. The van der Waals surface area contributed by atoms with Crippen LogP contribution in [0.25, 0.3) is 16.6 Å². The smallest absolute Gasteiger partial charge is 0.290 e. The lowest BCUT2D eigenvalue weighted by Gasteiger charge is -2.10. The standard InChI is InChI=1S/C20H19ClN4O3S/c1-13-19(21)20(26)25(24(13)2)16-4-6-17(7-5-16)29(27,28)23-12-14-3-8-18-15(11-14)9-10-22-18/h3-11,22-23H,12H2,1-2H3. The van der Waals surface area contributed by atoms with Crippen LogP contribution < -0.4 is 10.3 Å². The van der Waals surface area contributed by atoms with Gasteiger partial charge in [-0.2, -0.15) is 0 Å². The monoisotopic (exact) mass is 430 g/mol. The minimum atomic E-state index is -3.70. The Hall–Kier alpha value is -2.81. The zero-order valence-electron chi connectivity index (χ0n) is 15.8. The van der Waals surface area contributed by atoms with E-state index in [0.717, 1.165) is 16.5 Å². The van der Waals surface area contributed by atoms with Crippen LogP contribution in [-0.2, 0) is 23.6 Å². The van der Waals surface area contributed by atoms with Crippen molar-refractivity contribution in [2.45, 2.75) is 18.4 Å². The highest BCUT2D eigenvalue weighted by atomic mass is 35.5. The SMILES string of the molecule is Cc1c(Cl)c(=O)n(-c2ccc(S(=O)(=O)NCc3ccc4[nH]ccc4c3)cc2)n1C. The molecule has 4 rings (SSSR count). The number of aromatic nitrogens is 3. The summed E-state index contributed by atoms with van der Waals surface area (Å²) >= 11 is 6.02. The normalized spacial score (nSPS) is 12.0. The van der Waals surface area contributed by atoms with E-state index >= 15 is 0 Å². The van der Waals surface area contributed by atoms with Crippen molar-refractivity contribution in [2.24, 2.45) is 7.05 Å². The van der Waals surface area contributed by atoms with Gasteiger partial charge in [0, 0.05) is 25.3 Å². The van der Waals surface area contributed by atoms with Gasteiger partial charge in [-0.05, 0) is 60.3 Å². The Morgan fingerprint density at radius 3 is 2.48 bits per heavy atom. The molecular formula is C20H19ClN4O3S. The average molecular weight is 431 g/mol. The summed E-state index contributed by atoms with van der Waals surface area (Å²) < 4.78 is 30.9. The third-order valence-corrected chi connectivity index (χ3v) is 6.81. The second-order valence-electron chi connectivity index (χ2n) is 6.76. The number of hydrogen-bond donors (Lipinski definition) is 2. The first-order valence-corrected chi connectivity index (χ1v) is 10.7. The van der Waals surface area contributed by atoms with Gasteiger partial charge in [0.25, 0.3) is 5.56 Å². The highest BCUT2D eigenvalue weighted by Crippen LogP contribution is 2.18. The number of rotatable bonds is 5. The van der Waals surface area contributed by atoms with Gasteiger partial charge < -0.3 is 4.98 Å². The van der Waals surface area contributed by atoms with E-state index in [0.29, 0.717) is 11.4 Å². The third-order valence-electron chi connectivity index (χ3n) is 4.96. The predicted octanol–water partition coefficient (Wildman–Crippen LogP) is 3.10. The molecule has 0 amide bonds. The van der Waals surface area contributed by atoms with Gasteiger partial charge in [0.15, 0.2) is 0 Å². The molecule has 2 aromatic heterocycles. The van der Waals surface area contributed by atoms with Crippen molar-refractivity contribution in [3.05, 3.63) is 81.4 Å². The number of halogens is 1. The molecule has 0 spiro atoms. The zero-order valence-corrected chi connectivity index (χ0v) is 17.4. The van der Waals surface area contributed by atoms with Gasteiger partial charge in [-0.25, -0.2) is 17.8 Å². The Labute approximate surface area is 172 Å². The summed E-state index contributed by atoms with van der Waals surface area (Å²) in [4.78, 5) is 15.5. The van der Waals surface area contributed by atoms with Gasteiger partial charge in [0.05, 0.1) is 16.3 Å². The van der Waals surface area contributed by atoms with Crippen molar-refractivity contribution >= 4 is 32.5 Å². The maximum Gasteiger partial charge on any atom is 0.290 e. The number of fused-ring (bicyclic) bond motifs is 1. The first kappa shape index (κ1) is 19.5. The number of sulfonamides is 1. The van der Waals surface area contributed by atoms with Crippen molar-refractivity contribution in [1.82, 2.24) is 19.1 Å². The highest BCUT2D eigenvalue weighted by molar-refractivity contribution is 7.89. The van der Waals surface area contributed by atoms with Crippen LogP contribution >= 0.6 is 11.6 Å². The molecular weight excluding hydrogens is 412 g/mol. The molecule has 150 valence electrons. The van der Waals surface area contributed by atoms with E-state index in [1.54, 1.807) is 30.8 Å². The molecule has 0 radical (unpaired) electrons. The summed E-state index contributed by atoms with van der Waals surface area (Å²) in [6.07, 6.45) is 1.84. The molecule has 2 aromatic carbocycles. The van der Waals surface area contributed by atoms with E-state index in [4.69, 9.17) is 11.6 Å². The summed E-state index contributed by atoms with van der Waals surface area (Å²) in [7, 11) is -1.98. The van der Waals surface area contributed by atoms with Crippen LogP contribution in [0.15, 0.2) is 64.4 Å².